The van der Waals surface area contributed by atoms with Gasteiger partial charge in [0.25, 0.3) is 0 Å². The molecule has 5 heterocycles. The van der Waals surface area contributed by atoms with Crippen molar-refractivity contribution in [2.24, 2.45) is 0 Å². The van der Waals surface area contributed by atoms with Gasteiger partial charge in [-0.05, 0) is 56.1 Å². The van der Waals surface area contributed by atoms with Crippen LogP contribution in [0.15, 0.2) is 67.4 Å². The summed E-state index contributed by atoms with van der Waals surface area (Å²) >= 11 is 0. The smallest absolute Gasteiger partial charge is 0.155 e. The molecule has 9 nitrogen and oxygen atoms in total. The number of anilines is 2. The molecule has 0 radical (unpaired) electrons. The monoisotopic (exact) mass is 507 g/mol. The summed E-state index contributed by atoms with van der Waals surface area (Å²) in [6.07, 6.45) is 8.64. The number of rotatable bonds is 7. The number of aromatic amines is 2. The molecular weight excluding hydrogens is 481 g/mol. The number of hydrogen-bond donors (Lipinski definition) is 4. The predicted octanol–water partition coefficient (Wildman–Crippen LogP) is 4.93. The van der Waals surface area contributed by atoms with Crippen molar-refractivity contribution in [3.63, 3.8) is 0 Å². The van der Waals surface area contributed by atoms with Gasteiger partial charge in [0.05, 0.1) is 23.1 Å². The van der Waals surface area contributed by atoms with E-state index in [1.54, 1.807) is 31.0 Å². The van der Waals surface area contributed by atoms with Crippen molar-refractivity contribution in [2.45, 2.75) is 0 Å². The highest BCUT2D eigenvalue weighted by molar-refractivity contribution is 6.00. The van der Waals surface area contributed by atoms with Gasteiger partial charge >= 0.3 is 0 Å². The van der Waals surface area contributed by atoms with Crippen molar-refractivity contribution < 1.29 is 4.39 Å². The first-order valence-corrected chi connectivity index (χ1v) is 12.2. The highest BCUT2D eigenvalue weighted by Crippen LogP contribution is 2.35. The van der Waals surface area contributed by atoms with E-state index in [1.807, 2.05) is 38.4 Å². The summed E-state index contributed by atoms with van der Waals surface area (Å²) in [5.41, 5.74) is 13.6. The summed E-state index contributed by atoms with van der Waals surface area (Å²) in [6.45, 7) is 1.55. The molecule has 6 aromatic rings. The Kier molecular flexibility index (Phi) is 5.93. The van der Waals surface area contributed by atoms with E-state index in [0.29, 0.717) is 17.9 Å². The van der Waals surface area contributed by atoms with E-state index in [-0.39, 0.29) is 5.82 Å². The van der Waals surface area contributed by atoms with E-state index in [2.05, 4.69) is 40.3 Å². The van der Waals surface area contributed by atoms with Crippen LogP contribution >= 0.6 is 0 Å². The summed E-state index contributed by atoms with van der Waals surface area (Å²) < 4.78 is 14.6. The number of aromatic nitrogens is 6. The lowest BCUT2D eigenvalue weighted by Crippen LogP contribution is -2.20. The minimum absolute atomic E-state index is 0.310. The van der Waals surface area contributed by atoms with Gasteiger partial charge in [-0.1, -0.05) is 0 Å². The number of nitrogens with two attached hydrogens (primary N) is 1. The lowest BCUT2D eigenvalue weighted by Gasteiger charge is -2.13. The molecule has 0 aliphatic carbocycles. The molecular formula is C28H26FN9. The van der Waals surface area contributed by atoms with E-state index in [1.165, 1.54) is 12.1 Å². The van der Waals surface area contributed by atoms with E-state index in [9.17, 15) is 4.39 Å². The van der Waals surface area contributed by atoms with Gasteiger partial charge in [0, 0.05) is 71.0 Å². The standard InChI is InChI=1S/C28H26FN9/c1-38(2)4-3-33-21-7-16(5-19(29)9-21)24-14-32-15-26-22(24)10-25(35-26)27-23-8-18(12-34-28(23)37-36-27)17-6-20(30)13-31-11-17/h5-15,33,35H,3-4,30H2,1-2H3,(H,34,36,37). The fourth-order valence-corrected chi connectivity index (χ4v) is 4.56. The van der Waals surface area contributed by atoms with Crippen molar-refractivity contribution in [1.29, 1.82) is 0 Å². The maximum Gasteiger partial charge on any atom is 0.155 e. The molecule has 0 atom stereocenters. The Balaban J connectivity index is 1.40. The third kappa shape index (κ3) is 4.53. The lowest BCUT2D eigenvalue weighted by molar-refractivity contribution is 0.425. The normalized spacial score (nSPS) is 11.6. The van der Waals surface area contributed by atoms with Crippen LogP contribution in [0, 0.1) is 5.82 Å². The van der Waals surface area contributed by atoms with Gasteiger partial charge in [-0.25, -0.2) is 9.37 Å². The third-order valence-electron chi connectivity index (χ3n) is 6.41. The Morgan fingerprint density at radius 2 is 1.74 bits per heavy atom. The van der Waals surface area contributed by atoms with Gasteiger partial charge in [-0.3, -0.25) is 15.1 Å². The second kappa shape index (κ2) is 9.56. The van der Waals surface area contributed by atoms with Crippen molar-refractivity contribution >= 4 is 33.3 Å². The molecule has 0 saturated heterocycles. The Morgan fingerprint density at radius 3 is 2.58 bits per heavy atom. The van der Waals surface area contributed by atoms with Crippen LogP contribution in [-0.2, 0) is 0 Å². The molecule has 5 N–H and O–H groups in total. The third-order valence-corrected chi connectivity index (χ3v) is 6.41. The number of fused-ring (bicyclic) bond motifs is 2. The van der Waals surface area contributed by atoms with Crippen molar-refractivity contribution in [3.8, 4) is 33.6 Å². The van der Waals surface area contributed by atoms with Crippen LogP contribution in [0.3, 0.4) is 0 Å². The average Bonchev–Trinajstić information content (AvgIpc) is 3.51. The zero-order valence-corrected chi connectivity index (χ0v) is 21.0. The largest absolute Gasteiger partial charge is 0.397 e. The van der Waals surface area contributed by atoms with Crippen molar-refractivity contribution in [2.75, 3.05) is 38.2 Å². The topological polar surface area (TPSA) is 124 Å². The highest BCUT2D eigenvalue weighted by atomic mass is 19.1. The molecule has 0 aliphatic rings. The van der Waals surface area contributed by atoms with E-state index >= 15 is 0 Å². The van der Waals surface area contributed by atoms with Crippen LogP contribution in [0.25, 0.3) is 55.6 Å². The van der Waals surface area contributed by atoms with Crippen LogP contribution in [-0.4, -0.2) is 62.2 Å². The molecule has 0 spiro atoms. The second-order valence-electron chi connectivity index (χ2n) is 9.49. The van der Waals surface area contributed by atoms with Gasteiger partial charge in [0.15, 0.2) is 5.65 Å². The maximum absolute atomic E-state index is 14.6. The van der Waals surface area contributed by atoms with Crippen molar-refractivity contribution in [3.05, 3.63) is 73.2 Å². The van der Waals surface area contributed by atoms with Crippen LogP contribution in [0.2, 0.25) is 0 Å². The fourth-order valence-electron chi connectivity index (χ4n) is 4.56. The van der Waals surface area contributed by atoms with E-state index < -0.39 is 0 Å². The number of likely N-dealkylation sites (N-methyl/N-ethyl adjacent to an activating group) is 1. The summed E-state index contributed by atoms with van der Waals surface area (Å²) in [7, 11) is 4.01. The Hall–Kier alpha value is -4.83. The molecule has 10 heteroatoms. The Morgan fingerprint density at radius 1 is 0.895 bits per heavy atom. The molecule has 5 aromatic heterocycles. The summed E-state index contributed by atoms with van der Waals surface area (Å²) in [4.78, 5) is 18.6. The minimum Gasteiger partial charge on any atom is -0.397 e. The van der Waals surface area contributed by atoms with Gasteiger partial charge < -0.3 is 20.9 Å². The lowest BCUT2D eigenvalue weighted by atomic mass is 10.0. The zero-order chi connectivity index (χ0) is 26.2. The van der Waals surface area contributed by atoms with E-state index in [4.69, 9.17) is 5.73 Å². The summed E-state index contributed by atoms with van der Waals surface area (Å²) in [5.74, 6) is -0.310. The van der Waals surface area contributed by atoms with Gasteiger partial charge in [0.2, 0.25) is 0 Å². The molecule has 6 rings (SSSR count). The molecule has 0 saturated carbocycles. The fraction of sp³-hybridized carbons (Fsp3) is 0.143. The molecule has 0 aliphatic heterocycles. The number of nitrogens with zero attached hydrogens (tertiary/aromatic N) is 5. The van der Waals surface area contributed by atoms with Crippen LogP contribution in [0.1, 0.15) is 0 Å². The van der Waals surface area contributed by atoms with Crippen LogP contribution in [0.4, 0.5) is 15.8 Å². The number of pyridine rings is 3. The SMILES string of the molecule is CN(C)CCNc1cc(F)cc(-c2cncc3[nH]c(-c4n[nH]c5ncc(-c6cncc(N)c6)cc45)cc23)c1. The van der Waals surface area contributed by atoms with Crippen LogP contribution in [0.5, 0.6) is 0 Å². The molecule has 1 aromatic carbocycles. The van der Waals surface area contributed by atoms with Crippen molar-refractivity contribution in [1.82, 2.24) is 35.0 Å². The number of H-pyrrole nitrogens is 2. The first-order valence-electron chi connectivity index (χ1n) is 12.2. The second-order valence-corrected chi connectivity index (χ2v) is 9.49. The Labute approximate surface area is 218 Å². The van der Waals surface area contributed by atoms with E-state index in [0.717, 1.165) is 62.2 Å². The molecule has 0 amide bonds. The minimum atomic E-state index is -0.310. The first-order chi connectivity index (χ1) is 18.4. The first kappa shape index (κ1) is 23.6. The zero-order valence-electron chi connectivity index (χ0n) is 21.0. The summed E-state index contributed by atoms with van der Waals surface area (Å²) in [5, 5.41) is 12.6. The number of halogens is 1. The molecule has 38 heavy (non-hydrogen) atoms. The van der Waals surface area contributed by atoms with Gasteiger partial charge in [0.1, 0.15) is 11.5 Å². The molecule has 190 valence electrons. The van der Waals surface area contributed by atoms with Crippen LogP contribution < -0.4 is 11.1 Å². The van der Waals surface area contributed by atoms with Gasteiger partial charge in [-0.15, -0.1) is 0 Å². The predicted molar refractivity (Wildman–Crippen MR) is 149 cm³/mol. The number of hydrogen-bond acceptors (Lipinski definition) is 7. The molecule has 0 fully saturated rings. The number of nitrogen functional groups attached to an aromatic ring is 1. The average molecular weight is 508 g/mol. The van der Waals surface area contributed by atoms with Gasteiger partial charge in [-0.2, -0.15) is 5.10 Å². The Bertz CT molecular complexity index is 1770. The molecule has 0 unspecified atom stereocenters. The quantitative estimate of drug-likeness (QED) is 0.242. The number of benzene rings is 1. The number of nitrogens with one attached hydrogen (secondary N) is 3. The molecule has 0 bridgehead atoms. The summed E-state index contributed by atoms with van der Waals surface area (Å²) in [6, 6.07) is 10.9. The highest BCUT2D eigenvalue weighted by Gasteiger charge is 2.16. The maximum atomic E-state index is 14.6.